The molecule has 0 aliphatic heterocycles. The predicted octanol–water partition coefficient (Wildman–Crippen LogP) is 2.03. The minimum atomic E-state index is -0.958. The number of phenols is 1. The minimum Gasteiger partial charge on any atom is -0.507 e. The fourth-order valence-corrected chi connectivity index (χ4v) is 2.55. The van der Waals surface area contributed by atoms with E-state index in [0.29, 0.717) is 17.7 Å². The van der Waals surface area contributed by atoms with E-state index < -0.39 is 11.8 Å². The zero-order chi connectivity index (χ0) is 14.7. The van der Waals surface area contributed by atoms with Crippen LogP contribution in [-0.2, 0) is 22.4 Å². The maximum absolute atomic E-state index is 12.0. The lowest BCUT2D eigenvalue weighted by Gasteiger charge is -2.21. The third kappa shape index (κ3) is 2.48. The Balaban J connectivity index is 2.49. The number of carbonyl (C=O) groups excluding carboxylic acids is 2. The summed E-state index contributed by atoms with van der Waals surface area (Å²) in [6.45, 7) is 1.74. The zero-order valence-electron chi connectivity index (χ0n) is 11.7. The summed E-state index contributed by atoms with van der Waals surface area (Å²) < 4.78 is 9.97. The molecule has 5 nitrogen and oxygen atoms in total. The normalized spacial score (nSPS) is 13.5. The van der Waals surface area contributed by atoms with Crippen molar-refractivity contribution in [3.05, 3.63) is 22.8 Å². The molecule has 1 aromatic rings. The molecule has 108 valence electrons. The SMILES string of the molecule is CCOC(=O)C(=O)c1cc(OC)c2c(c1O)CCCC2. The number of hydrogen-bond acceptors (Lipinski definition) is 5. The van der Waals surface area contributed by atoms with Gasteiger partial charge in [0.2, 0.25) is 0 Å². The van der Waals surface area contributed by atoms with Crippen molar-refractivity contribution < 1.29 is 24.2 Å². The van der Waals surface area contributed by atoms with E-state index in [1.807, 2.05) is 0 Å². The lowest BCUT2D eigenvalue weighted by Crippen LogP contribution is -2.19. The van der Waals surface area contributed by atoms with Crippen molar-refractivity contribution in [2.75, 3.05) is 13.7 Å². The predicted molar refractivity (Wildman–Crippen MR) is 72.3 cm³/mol. The molecule has 1 aliphatic carbocycles. The van der Waals surface area contributed by atoms with Gasteiger partial charge in [0, 0.05) is 11.1 Å². The first kappa shape index (κ1) is 14.4. The van der Waals surface area contributed by atoms with Crippen LogP contribution in [0, 0.1) is 0 Å². The number of ketones is 1. The van der Waals surface area contributed by atoms with Gasteiger partial charge in [0.1, 0.15) is 11.5 Å². The number of esters is 1. The van der Waals surface area contributed by atoms with Crippen LogP contribution in [0.15, 0.2) is 6.07 Å². The van der Waals surface area contributed by atoms with Gasteiger partial charge in [-0.3, -0.25) is 4.79 Å². The average molecular weight is 278 g/mol. The number of ether oxygens (including phenoxy) is 2. The van der Waals surface area contributed by atoms with Crippen LogP contribution in [0.1, 0.15) is 41.3 Å². The molecule has 0 saturated carbocycles. The number of fused-ring (bicyclic) bond motifs is 1. The monoisotopic (exact) mass is 278 g/mol. The summed E-state index contributed by atoms with van der Waals surface area (Å²) in [4.78, 5) is 23.6. The Morgan fingerprint density at radius 1 is 1.25 bits per heavy atom. The Labute approximate surface area is 117 Å². The number of carbonyl (C=O) groups is 2. The summed E-state index contributed by atoms with van der Waals surface area (Å²) >= 11 is 0. The van der Waals surface area contributed by atoms with Crippen LogP contribution < -0.4 is 4.74 Å². The lowest BCUT2D eigenvalue weighted by atomic mass is 9.87. The highest BCUT2D eigenvalue weighted by Gasteiger charge is 2.27. The van der Waals surface area contributed by atoms with E-state index in [1.165, 1.54) is 13.2 Å². The van der Waals surface area contributed by atoms with E-state index in [0.717, 1.165) is 24.8 Å². The number of aromatic hydroxyl groups is 1. The van der Waals surface area contributed by atoms with E-state index in [-0.39, 0.29) is 17.9 Å². The largest absolute Gasteiger partial charge is 0.507 e. The quantitative estimate of drug-likeness (QED) is 0.518. The fourth-order valence-electron chi connectivity index (χ4n) is 2.55. The summed E-state index contributed by atoms with van der Waals surface area (Å²) in [6.07, 6.45) is 3.45. The van der Waals surface area contributed by atoms with Gasteiger partial charge in [-0.05, 0) is 38.7 Å². The molecule has 0 saturated heterocycles. The maximum atomic E-state index is 12.0. The average Bonchev–Trinajstić information content (AvgIpc) is 2.47. The molecular formula is C15H18O5. The topological polar surface area (TPSA) is 72.8 Å². The standard InChI is InChI=1S/C15H18O5/c1-3-20-15(18)14(17)11-8-12(19-2)9-6-4-5-7-10(9)13(11)16/h8,16H,3-7H2,1-2H3. The molecule has 0 bridgehead atoms. The third-order valence-corrected chi connectivity index (χ3v) is 3.51. The third-order valence-electron chi connectivity index (χ3n) is 3.51. The van der Waals surface area contributed by atoms with Crippen molar-refractivity contribution in [1.82, 2.24) is 0 Å². The maximum Gasteiger partial charge on any atom is 0.379 e. The van der Waals surface area contributed by atoms with Gasteiger partial charge in [-0.1, -0.05) is 0 Å². The van der Waals surface area contributed by atoms with Crippen LogP contribution in [0.2, 0.25) is 0 Å². The highest BCUT2D eigenvalue weighted by atomic mass is 16.5. The molecule has 0 aromatic heterocycles. The smallest absolute Gasteiger partial charge is 0.379 e. The molecule has 0 fully saturated rings. The summed E-state index contributed by atoms with van der Waals surface area (Å²) in [7, 11) is 1.51. The molecule has 2 rings (SSSR count). The van der Waals surface area contributed by atoms with Crippen molar-refractivity contribution in [3.8, 4) is 11.5 Å². The lowest BCUT2D eigenvalue weighted by molar-refractivity contribution is -0.137. The molecular weight excluding hydrogens is 260 g/mol. The highest BCUT2D eigenvalue weighted by Crippen LogP contribution is 2.38. The molecule has 0 spiro atoms. The zero-order valence-corrected chi connectivity index (χ0v) is 11.7. The Kier molecular flexibility index (Phi) is 4.27. The summed E-state index contributed by atoms with van der Waals surface area (Å²) in [6, 6.07) is 1.43. The Morgan fingerprint density at radius 3 is 2.50 bits per heavy atom. The highest BCUT2D eigenvalue weighted by molar-refractivity contribution is 6.41. The summed E-state index contributed by atoms with van der Waals surface area (Å²) in [5, 5.41) is 10.3. The van der Waals surface area contributed by atoms with Crippen LogP contribution in [0.25, 0.3) is 0 Å². The van der Waals surface area contributed by atoms with E-state index >= 15 is 0 Å². The van der Waals surface area contributed by atoms with Gasteiger partial charge in [0.15, 0.2) is 0 Å². The molecule has 5 heteroatoms. The van der Waals surface area contributed by atoms with E-state index in [9.17, 15) is 14.7 Å². The van der Waals surface area contributed by atoms with Gasteiger partial charge < -0.3 is 14.6 Å². The molecule has 1 aliphatic rings. The Morgan fingerprint density at radius 2 is 1.90 bits per heavy atom. The number of methoxy groups -OCH3 is 1. The van der Waals surface area contributed by atoms with Crippen molar-refractivity contribution in [2.45, 2.75) is 32.6 Å². The van der Waals surface area contributed by atoms with Gasteiger partial charge in [-0.2, -0.15) is 0 Å². The fraction of sp³-hybridized carbons (Fsp3) is 0.467. The number of hydrogen-bond donors (Lipinski definition) is 1. The first-order valence-corrected chi connectivity index (χ1v) is 6.73. The van der Waals surface area contributed by atoms with Gasteiger partial charge in [0.25, 0.3) is 5.78 Å². The molecule has 0 radical (unpaired) electrons. The van der Waals surface area contributed by atoms with Crippen LogP contribution in [0.5, 0.6) is 11.5 Å². The molecule has 1 N–H and O–H groups in total. The van der Waals surface area contributed by atoms with Gasteiger partial charge in [-0.25, -0.2) is 4.79 Å². The van der Waals surface area contributed by atoms with Crippen molar-refractivity contribution in [1.29, 1.82) is 0 Å². The second-order valence-electron chi connectivity index (χ2n) is 4.69. The van der Waals surface area contributed by atoms with E-state index in [4.69, 9.17) is 9.47 Å². The van der Waals surface area contributed by atoms with Crippen LogP contribution >= 0.6 is 0 Å². The van der Waals surface area contributed by atoms with Crippen molar-refractivity contribution in [3.63, 3.8) is 0 Å². The van der Waals surface area contributed by atoms with Crippen molar-refractivity contribution in [2.24, 2.45) is 0 Å². The second-order valence-corrected chi connectivity index (χ2v) is 4.69. The Bertz CT molecular complexity index is 548. The molecule has 20 heavy (non-hydrogen) atoms. The van der Waals surface area contributed by atoms with Crippen LogP contribution in [-0.4, -0.2) is 30.6 Å². The van der Waals surface area contributed by atoms with E-state index in [2.05, 4.69) is 0 Å². The van der Waals surface area contributed by atoms with Crippen LogP contribution in [0.3, 0.4) is 0 Å². The van der Waals surface area contributed by atoms with Crippen molar-refractivity contribution >= 4 is 11.8 Å². The Hall–Kier alpha value is -2.04. The summed E-state index contributed by atoms with van der Waals surface area (Å²) in [5.41, 5.74) is 1.60. The van der Waals surface area contributed by atoms with Gasteiger partial charge >= 0.3 is 5.97 Å². The van der Waals surface area contributed by atoms with E-state index in [1.54, 1.807) is 6.92 Å². The molecule has 0 amide bonds. The molecule has 0 heterocycles. The number of Topliss-reactive ketones (excluding diaryl/α,β-unsaturated/α-hetero) is 1. The first-order valence-electron chi connectivity index (χ1n) is 6.73. The number of benzene rings is 1. The molecule has 0 atom stereocenters. The molecule has 1 aromatic carbocycles. The van der Waals surface area contributed by atoms with Crippen LogP contribution in [0.4, 0.5) is 0 Å². The first-order chi connectivity index (χ1) is 9.60. The number of rotatable bonds is 4. The number of phenolic OH excluding ortho intramolecular Hbond substituents is 1. The van der Waals surface area contributed by atoms with Gasteiger partial charge in [0.05, 0.1) is 19.3 Å². The second kappa shape index (κ2) is 5.94. The minimum absolute atomic E-state index is 0.0408. The summed E-state index contributed by atoms with van der Waals surface area (Å²) in [5.74, 6) is -1.36. The van der Waals surface area contributed by atoms with Gasteiger partial charge in [-0.15, -0.1) is 0 Å². The molecule has 0 unspecified atom stereocenters.